The molecular formula is C18H15N3O. The predicted molar refractivity (Wildman–Crippen MR) is 84.7 cm³/mol. The maximum atomic E-state index is 12.4. The first-order valence-electron chi connectivity index (χ1n) is 7.32. The number of nitrogens with zero attached hydrogens (tertiary/aromatic N) is 2. The fourth-order valence-electron chi connectivity index (χ4n) is 2.66. The van der Waals surface area contributed by atoms with E-state index in [1.807, 2.05) is 25.1 Å². The van der Waals surface area contributed by atoms with Crippen molar-refractivity contribution >= 4 is 16.9 Å². The van der Waals surface area contributed by atoms with Gasteiger partial charge in [-0.15, -0.1) is 0 Å². The van der Waals surface area contributed by atoms with Crippen LogP contribution in [0.25, 0.3) is 11.0 Å². The van der Waals surface area contributed by atoms with Crippen molar-refractivity contribution in [2.75, 3.05) is 0 Å². The van der Waals surface area contributed by atoms with E-state index >= 15 is 0 Å². The SMILES string of the molecule is Cc1nc2ncccc2cc1C(=O)NCc1ccc2c(c1)C2. The molecule has 2 heterocycles. The van der Waals surface area contributed by atoms with Gasteiger partial charge in [-0.05, 0) is 48.2 Å². The molecule has 1 aromatic carbocycles. The summed E-state index contributed by atoms with van der Waals surface area (Å²) < 4.78 is 0. The summed E-state index contributed by atoms with van der Waals surface area (Å²) in [4.78, 5) is 21.0. The lowest BCUT2D eigenvalue weighted by Gasteiger charge is -2.08. The van der Waals surface area contributed by atoms with Crippen LogP contribution in [0.1, 0.15) is 32.7 Å². The summed E-state index contributed by atoms with van der Waals surface area (Å²) in [6.07, 6.45) is 2.80. The summed E-state index contributed by atoms with van der Waals surface area (Å²) in [6.45, 7) is 2.38. The van der Waals surface area contributed by atoms with E-state index in [2.05, 4.69) is 33.5 Å². The quantitative estimate of drug-likeness (QED) is 0.631. The topological polar surface area (TPSA) is 54.9 Å². The minimum absolute atomic E-state index is 0.0966. The van der Waals surface area contributed by atoms with Crippen molar-refractivity contribution in [1.82, 2.24) is 15.3 Å². The van der Waals surface area contributed by atoms with Gasteiger partial charge in [0.05, 0.1) is 11.3 Å². The van der Waals surface area contributed by atoms with Gasteiger partial charge in [0.2, 0.25) is 0 Å². The number of hydrogen-bond acceptors (Lipinski definition) is 3. The molecule has 1 N–H and O–H groups in total. The lowest BCUT2D eigenvalue weighted by molar-refractivity contribution is 0.0950. The molecule has 4 rings (SSSR count). The Morgan fingerprint density at radius 3 is 3.00 bits per heavy atom. The molecule has 1 aliphatic rings. The van der Waals surface area contributed by atoms with E-state index in [1.165, 1.54) is 11.1 Å². The van der Waals surface area contributed by atoms with Crippen LogP contribution >= 0.6 is 0 Å². The molecule has 4 nitrogen and oxygen atoms in total. The second kappa shape index (κ2) is 4.91. The number of hydrogen-bond donors (Lipinski definition) is 1. The molecule has 108 valence electrons. The zero-order valence-electron chi connectivity index (χ0n) is 12.3. The van der Waals surface area contributed by atoms with E-state index in [1.54, 1.807) is 6.20 Å². The first kappa shape index (κ1) is 13.0. The molecule has 0 atom stereocenters. The van der Waals surface area contributed by atoms with Crippen LogP contribution in [0.2, 0.25) is 0 Å². The first-order valence-corrected chi connectivity index (χ1v) is 7.32. The number of carbonyl (C=O) groups excluding carboxylic acids is 1. The number of rotatable bonds is 3. The number of aromatic nitrogens is 2. The highest BCUT2D eigenvalue weighted by Gasteiger charge is 2.16. The zero-order valence-corrected chi connectivity index (χ0v) is 12.3. The molecule has 4 heteroatoms. The monoisotopic (exact) mass is 289 g/mol. The standard InChI is InChI=1S/C18H15N3O/c1-11-16(9-14-3-2-6-19-17(14)21-11)18(22)20-10-12-4-5-13-8-15(13)7-12/h2-7,9H,8,10H2,1H3,(H,20,22). The Morgan fingerprint density at radius 2 is 2.14 bits per heavy atom. The van der Waals surface area contributed by atoms with Gasteiger partial charge >= 0.3 is 0 Å². The van der Waals surface area contributed by atoms with E-state index in [0.717, 1.165) is 17.4 Å². The highest BCUT2D eigenvalue weighted by molar-refractivity contribution is 5.98. The normalized spacial score (nSPS) is 12.0. The van der Waals surface area contributed by atoms with Crippen LogP contribution in [0.5, 0.6) is 0 Å². The summed E-state index contributed by atoms with van der Waals surface area (Å²) >= 11 is 0. The molecule has 1 amide bonds. The molecule has 0 radical (unpaired) electrons. The lowest BCUT2D eigenvalue weighted by Crippen LogP contribution is -2.24. The van der Waals surface area contributed by atoms with Crippen LogP contribution in [0.15, 0.2) is 42.6 Å². The van der Waals surface area contributed by atoms with Gasteiger partial charge < -0.3 is 5.32 Å². The highest BCUT2D eigenvalue weighted by Crippen LogP contribution is 2.28. The van der Waals surface area contributed by atoms with Gasteiger partial charge in [-0.1, -0.05) is 18.2 Å². The summed E-state index contributed by atoms with van der Waals surface area (Å²) in [5, 5.41) is 3.85. The molecule has 22 heavy (non-hydrogen) atoms. The van der Waals surface area contributed by atoms with Crippen LogP contribution in [-0.2, 0) is 13.0 Å². The second-order valence-corrected chi connectivity index (χ2v) is 5.63. The van der Waals surface area contributed by atoms with E-state index < -0.39 is 0 Å². The first-order chi connectivity index (χ1) is 10.7. The van der Waals surface area contributed by atoms with Crippen molar-refractivity contribution < 1.29 is 4.79 Å². The van der Waals surface area contributed by atoms with E-state index in [9.17, 15) is 4.79 Å². The fourth-order valence-corrected chi connectivity index (χ4v) is 2.66. The van der Waals surface area contributed by atoms with Crippen LogP contribution in [0.4, 0.5) is 0 Å². The minimum Gasteiger partial charge on any atom is -0.348 e. The van der Waals surface area contributed by atoms with Gasteiger partial charge in [0.1, 0.15) is 0 Å². The molecule has 0 fully saturated rings. The number of carbonyl (C=O) groups is 1. The third-order valence-electron chi connectivity index (χ3n) is 4.00. The summed E-state index contributed by atoms with van der Waals surface area (Å²) in [5.41, 5.74) is 5.91. The van der Waals surface area contributed by atoms with Gasteiger partial charge in [0, 0.05) is 18.1 Å². The number of fused-ring (bicyclic) bond motifs is 2. The zero-order chi connectivity index (χ0) is 15.1. The van der Waals surface area contributed by atoms with E-state index in [0.29, 0.717) is 23.4 Å². The second-order valence-electron chi connectivity index (χ2n) is 5.63. The Hall–Kier alpha value is -2.75. The third-order valence-corrected chi connectivity index (χ3v) is 4.00. The molecule has 0 spiro atoms. The molecule has 0 aliphatic heterocycles. The number of pyridine rings is 2. The average Bonchev–Trinajstić information content (AvgIpc) is 3.30. The van der Waals surface area contributed by atoms with Crippen LogP contribution in [0, 0.1) is 6.92 Å². The van der Waals surface area contributed by atoms with Crippen molar-refractivity contribution in [3.8, 4) is 0 Å². The van der Waals surface area contributed by atoms with Crippen LogP contribution < -0.4 is 5.32 Å². The number of amides is 1. The molecule has 0 saturated carbocycles. The van der Waals surface area contributed by atoms with E-state index in [4.69, 9.17) is 0 Å². The predicted octanol–water partition coefficient (Wildman–Crippen LogP) is 2.77. The highest BCUT2D eigenvalue weighted by atomic mass is 16.1. The smallest absolute Gasteiger partial charge is 0.253 e. The van der Waals surface area contributed by atoms with Crippen LogP contribution in [0.3, 0.4) is 0 Å². The molecule has 3 aromatic rings. The largest absolute Gasteiger partial charge is 0.348 e. The van der Waals surface area contributed by atoms with Crippen molar-refractivity contribution in [1.29, 1.82) is 0 Å². The molecule has 0 unspecified atom stereocenters. The Bertz CT molecular complexity index is 902. The molecule has 0 saturated heterocycles. The van der Waals surface area contributed by atoms with Gasteiger partial charge in [-0.2, -0.15) is 0 Å². The molecule has 0 bridgehead atoms. The maximum absolute atomic E-state index is 12.4. The lowest BCUT2D eigenvalue weighted by atomic mass is 10.1. The van der Waals surface area contributed by atoms with Crippen molar-refractivity contribution in [3.63, 3.8) is 0 Å². The molecular weight excluding hydrogens is 274 g/mol. The van der Waals surface area contributed by atoms with Gasteiger partial charge in [0.15, 0.2) is 5.65 Å². The van der Waals surface area contributed by atoms with Crippen molar-refractivity contribution in [2.45, 2.75) is 19.9 Å². The van der Waals surface area contributed by atoms with Crippen molar-refractivity contribution in [3.05, 3.63) is 70.5 Å². The van der Waals surface area contributed by atoms with E-state index in [-0.39, 0.29) is 5.91 Å². The molecule has 2 aromatic heterocycles. The number of aryl methyl sites for hydroxylation is 1. The Kier molecular flexibility index (Phi) is 2.89. The third kappa shape index (κ3) is 2.33. The molecule has 1 aliphatic carbocycles. The summed E-state index contributed by atoms with van der Waals surface area (Å²) in [7, 11) is 0. The maximum Gasteiger partial charge on any atom is 0.253 e. The average molecular weight is 289 g/mol. The Labute approximate surface area is 128 Å². The minimum atomic E-state index is -0.0966. The van der Waals surface area contributed by atoms with Gasteiger partial charge in [-0.25, -0.2) is 9.97 Å². The fraction of sp³-hybridized carbons (Fsp3) is 0.167. The van der Waals surface area contributed by atoms with Gasteiger partial charge in [0.25, 0.3) is 5.91 Å². The number of nitrogens with one attached hydrogen (secondary N) is 1. The summed E-state index contributed by atoms with van der Waals surface area (Å²) in [6, 6.07) is 12.0. The Balaban J connectivity index is 1.56. The number of benzene rings is 1. The van der Waals surface area contributed by atoms with Crippen LogP contribution in [-0.4, -0.2) is 15.9 Å². The van der Waals surface area contributed by atoms with Gasteiger partial charge in [-0.3, -0.25) is 4.79 Å². The van der Waals surface area contributed by atoms with Crippen molar-refractivity contribution in [2.24, 2.45) is 0 Å². The summed E-state index contributed by atoms with van der Waals surface area (Å²) in [5.74, 6) is -0.0966. The Morgan fingerprint density at radius 1 is 1.23 bits per heavy atom.